The predicted molar refractivity (Wildman–Crippen MR) is 150 cm³/mol. The second-order valence-corrected chi connectivity index (χ2v) is 10.6. The molecule has 1 fully saturated rings. The van der Waals surface area contributed by atoms with Crippen LogP contribution in [0.25, 0.3) is 10.9 Å². The van der Waals surface area contributed by atoms with E-state index in [1.165, 1.54) is 6.20 Å². The van der Waals surface area contributed by atoms with E-state index in [1.807, 2.05) is 36.1 Å². The third-order valence-electron chi connectivity index (χ3n) is 8.34. The summed E-state index contributed by atoms with van der Waals surface area (Å²) in [5.74, 6) is 0.136. The Balaban J connectivity index is 1.38. The summed E-state index contributed by atoms with van der Waals surface area (Å²) in [6, 6.07) is 15.0. The van der Waals surface area contributed by atoms with E-state index in [2.05, 4.69) is 39.6 Å². The van der Waals surface area contributed by atoms with Gasteiger partial charge in [0.1, 0.15) is 0 Å². The average Bonchev–Trinajstić information content (AvgIpc) is 3.46. The molecule has 2 unspecified atom stereocenters. The Hall–Kier alpha value is -4.44. The van der Waals surface area contributed by atoms with Crippen LogP contribution >= 0.6 is 0 Å². The summed E-state index contributed by atoms with van der Waals surface area (Å²) in [6.45, 7) is 4.81. The number of anilines is 1. The third kappa shape index (κ3) is 4.44. The van der Waals surface area contributed by atoms with Gasteiger partial charge in [0.05, 0.1) is 23.9 Å². The highest BCUT2D eigenvalue weighted by Gasteiger charge is 2.48. The van der Waals surface area contributed by atoms with Crippen molar-refractivity contribution in [3.63, 3.8) is 0 Å². The standard InChI is InChI=1S/C30H32N6O4/c1-3-30(23-12-19(2)27-22(14-23)16-32-34-27)15-24(35-17-21-6-4-5-7-25(21)33-28(35)38)9-11-36(30)29(39)40-26-13-20(18-37)8-10-31-26/h4-8,10,12-14,16,24,37H,3,9,11,15,17-18H2,1-2H3,(H,32,34)(H,33,38). The number of nitrogens with one attached hydrogen (secondary N) is 2. The van der Waals surface area contributed by atoms with Gasteiger partial charge in [-0.15, -0.1) is 0 Å². The van der Waals surface area contributed by atoms with Gasteiger partial charge < -0.3 is 20.1 Å². The van der Waals surface area contributed by atoms with Crippen molar-refractivity contribution >= 4 is 28.7 Å². The highest BCUT2D eigenvalue weighted by molar-refractivity contribution is 5.92. The lowest BCUT2D eigenvalue weighted by Crippen LogP contribution is -2.60. The average molecular weight is 541 g/mol. The number of aliphatic hydroxyl groups excluding tert-OH is 1. The molecule has 3 N–H and O–H groups in total. The van der Waals surface area contributed by atoms with E-state index in [0.717, 1.165) is 33.3 Å². The Morgan fingerprint density at radius 3 is 2.90 bits per heavy atom. The van der Waals surface area contributed by atoms with Crippen LogP contribution in [0.3, 0.4) is 0 Å². The minimum atomic E-state index is -0.748. The number of aliphatic hydroxyl groups is 1. The highest BCUT2D eigenvalue weighted by atomic mass is 16.6. The van der Waals surface area contributed by atoms with Gasteiger partial charge >= 0.3 is 12.1 Å². The van der Waals surface area contributed by atoms with Crippen LogP contribution in [0.15, 0.2) is 60.9 Å². The highest BCUT2D eigenvalue weighted by Crippen LogP contribution is 2.44. The number of para-hydroxylation sites is 1. The van der Waals surface area contributed by atoms with E-state index in [-0.39, 0.29) is 24.6 Å². The fourth-order valence-corrected chi connectivity index (χ4v) is 6.21. The van der Waals surface area contributed by atoms with Gasteiger partial charge in [-0.1, -0.05) is 31.2 Å². The maximum Gasteiger partial charge on any atom is 0.417 e. The normalized spacial score (nSPS) is 20.8. The Kier molecular flexibility index (Phi) is 6.63. The van der Waals surface area contributed by atoms with Gasteiger partial charge in [0.2, 0.25) is 5.88 Å². The number of H-pyrrole nitrogens is 1. The number of ether oxygens (including phenoxy) is 1. The molecule has 3 amide bonds. The molecule has 2 aliphatic heterocycles. The van der Waals surface area contributed by atoms with Crippen LogP contribution in [0, 0.1) is 6.92 Å². The number of aromatic nitrogens is 3. The largest absolute Gasteiger partial charge is 0.417 e. The number of piperidine rings is 1. The summed E-state index contributed by atoms with van der Waals surface area (Å²) in [6.07, 6.45) is 4.54. The van der Waals surface area contributed by atoms with Gasteiger partial charge in [-0.3, -0.25) is 10.00 Å². The molecule has 40 heavy (non-hydrogen) atoms. The van der Waals surface area contributed by atoms with E-state index in [9.17, 15) is 14.7 Å². The van der Waals surface area contributed by atoms with Gasteiger partial charge in [0, 0.05) is 42.5 Å². The second-order valence-electron chi connectivity index (χ2n) is 10.6. The lowest BCUT2D eigenvalue weighted by molar-refractivity contribution is 0.0107. The molecule has 10 nitrogen and oxygen atoms in total. The number of rotatable bonds is 5. The number of nitrogens with zero attached hydrogens (tertiary/aromatic N) is 4. The Bertz CT molecular complexity index is 1590. The first-order valence-electron chi connectivity index (χ1n) is 13.6. The van der Waals surface area contributed by atoms with Crippen LogP contribution in [0.5, 0.6) is 5.88 Å². The zero-order valence-electron chi connectivity index (χ0n) is 22.6. The molecule has 0 spiro atoms. The lowest BCUT2D eigenvalue weighted by atomic mass is 9.75. The second kappa shape index (κ2) is 10.3. The van der Waals surface area contributed by atoms with Crippen molar-refractivity contribution in [1.82, 2.24) is 25.0 Å². The molecule has 2 aromatic carbocycles. The van der Waals surface area contributed by atoms with Crippen LogP contribution in [0.4, 0.5) is 15.3 Å². The van der Waals surface area contributed by atoms with Crippen LogP contribution in [0.2, 0.25) is 0 Å². The number of pyridine rings is 1. The number of carbonyl (C=O) groups excluding carboxylic acids is 2. The molecular weight excluding hydrogens is 508 g/mol. The van der Waals surface area contributed by atoms with E-state index in [0.29, 0.717) is 37.9 Å². The molecule has 4 aromatic rings. The summed E-state index contributed by atoms with van der Waals surface area (Å²) in [5.41, 5.74) is 4.71. The first-order valence-corrected chi connectivity index (χ1v) is 13.6. The van der Waals surface area contributed by atoms with Crippen molar-refractivity contribution in [1.29, 1.82) is 0 Å². The van der Waals surface area contributed by atoms with E-state index < -0.39 is 11.6 Å². The van der Waals surface area contributed by atoms with Crippen molar-refractivity contribution in [3.05, 3.63) is 83.2 Å². The molecule has 206 valence electrons. The number of hydrogen-bond donors (Lipinski definition) is 3. The Morgan fingerprint density at radius 1 is 1.23 bits per heavy atom. The van der Waals surface area contributed by atoms with Crippen LogP contribution in [-0.4, -0.2) is 54.8 Å². The van der Waals surface area contributed by atoms with Gasteiger partial charge in [-0.2, -0.15) is 5.10 Å². The number of urea groups is 1. The van der Waals surface area contributed by atoms with Crippen molar-refractivity contribution in [3.8, 4) is 5.88 Å². The molecule has 6 rings (SSSR count). The van der Waals surface area contributed by atoms with Crippen molar-refractivity contribution in [2.45, 2.75) is 57.8 Å². The summed E-state index contributed by atoms with van der Waals surface area (Å²) in [7, 11) is 0. The monoisotopic (exact) mass is 540 g/mol. The first kappa shape index (κ1) is 25.8. The number of benzene rings is 2. The number of fused-ring (bicyclic) bond motifs is 2. The van der Waals surface area contributed by atoms with Gasteiger partial charge in [-0.25, -0.2) is 14.6 Å². The molecule has 2 aliphatic rings. The number of aromatic amines is 1. The Labute approximate surface area is 232 Å². The SMILES string of the molecule is CCC1(c2cc(C)c3[nH]ncc3c2)CC(N2Cc3ccccc3NC2=O)CCN1C(=O)Oc1cc(CO)ccn1. The molecule has 2 atom stereocenters. The molecule has 0 saturated carbocycles. The van der Waals surface area contributed by atoms with Gasteiger partial charge in [-0.05, 0) is 66.6 Å². The Morgan fingerprint density at radius 2 is 2.08 bits per heavy atom. The van der Waals surface area contributed by atoms with Crippen molar-refractivity contribution < 1.29 is 19.4 Å². The predicted octanol–water partition coefficient (Wildman–Crippen LogP) is 5.08. The fourth-order valence-electron chi connectivity index (χ4n) is 6.21. The minimum absolute atomic E-state index is 0.103. The summed E-state index contributed by atoms with van der Waals surface area (Å²) >= 11 is 0. The maximum atomic E-state index is 13.8. The number of aryl methyl sites for hydroxylation is 1. The minimum Gasteiger partial charge on any atom is -0.392 e. The molecular formula is C30H32N6O4. The molecule has 0 bridgehead atoms. The van der Waals surface area contributed by atoms with E-state index in [1.54, 1.807) is 23.2 Å². The molecule has 10 heteroatoms. The zero-order valence-corrected chi connectivity index (χ0v) is 22.6. The van der Waals surface area contributed by atoms with E-state index in [4.69, 9.17) is 4.74 Å². The van der Waals surface area contributed by atoms with Crippen LogP contribution < -0.4 is 10.1 Å². The smallest absolute Gasteiger partial charge is 0.392 e. The van der Waals surface area contributed by atoms with Crippen LogP contribution in [0.1, 0.15) is 48.4 Å². The number of likely N-dealkylation sites (tertiary alicyclic amines) is 1. The number of carbonyl (C=O) groups is 2. The van der Waals surface area contributed by atoms with E-state index >= 15 is 0 Å². The third-order valence-corrected chi connectivity index (χ3v) is 8.34. The summed E-state index contributed by atoms with van der Waals surface area (Å²) < 4.78 is 5.78. The zero-order chi connectivity index (χ0) is 27.9. The molecule has 0 aliphatic carbocycles. The molecule has 1 saturated heterocycles. The molecule has 0 radical (unpaired) electrons. The maximum absolute atomic E-state index is 13.8. The van der Waals surface area contributed by atoms with Crippen molar-refractivity contribution in [2.24, 2.45) is 0 Å². The first-order chi connectivity index (χ1) is 19.4. The quantitative estimate of drug-likeness (QED) is 0.325. The summed E-state index contributed by atoms with van der Waals surface area (Å²) in [5, 5.41) is 20.8. The van der Waals surface area contributed by atoms with Crippen LogP contribution in [-0.2, 0) is 18.7 Å². The fraction of sp³-hybridized carbons (Fsp3) is 0.333. The topological polar surface area (TPSA) is 124 Å². The molecule has 2 aromatic heterocycles. The molecule has 4 heterocycles. The van der Waals surface area contributed by atoms with Gasteiger partial charge in [0.15, 0.2) is 0 Å². The lowest BCUT2D eigenvalue weighted by Gasteiger charge is -2.51. The number of hydrogen-bond acceptors (Lipinski definition) is 6. The summed E-state index contributed by atoms with van der Waals surface area (Å²) in [4.78, 5) is 34.9. The van der Waals surface area contributed by atoms with Gasteiger partial charge in [0.25, 0.3) is 0 Å². The number of amides is 3. The van der Waals surface area contributed by atoms with Crippen molar-refractivity contribution in [2.75, 3.05) is 11.9 Å².